The summed E-state index contributed by atoms with van der Waals surface area (Å²) in [5.41, 5.74) is 8.36. The molecular formula is C15H25N3O. The Morgan fingerprint density at radius 2 is 1.89 bits per heavy atom. The molecule has 1 aliphatic carbocycles. The number of aryl methyl sites for hydroxylation is 1. The Kier molecular flexibility index (Phi) is 4.09. The van der Waals surface area contributed by atoms with E-state index in [0.717, 1.165) is 29.9 Å². The van der Waals surface area contributed by atoms with Crippen LogP contribution in [0.2, 0.25) is 0 Å². The van der Waals surface area contributed by atoms with Crippen molar-refractivity contribution in [2.45, 2.75) is 59.5 Å². The Bertz CT molecular complexity index is 451. The summed E-state index contributed by atoms with van der Waals surface area (Å²) in [4.78, 5) is 9.26. The minimum atomic E-state index is -0.105. The number of nitrogen functional groups attached to an aromatic ring is 1. The highest BCUT2D eigenvalue weighted by Crippen LogP contribution is 2.36. The number of rotatable bonds is 3. The van der Waals surface area contributed by atoms with Crippen molar-refractivity contribution < 1.29 is 4.74 Å². The molecule has 1 atom stereocenters. The molecule has 0 saturated heterocycles. The van der Waals surface area contributed by atoms with Crippen LogP contribution in [0.1, 0.15) is 63.7 Å². The first-order valence-corrected chi connectivity index (χ1v) is 7.20. The maximum Gasteiger partial charge on any atom is 0.160 e. The van der Waals surface area contributed by atoms with Gasteiger partial charge >= 0.3 is 0 Å². The second-order valence-corrected chi connectivity index (χ2v) is 6.30. The molecule has 4 nitrogen and oxygen atoms in total. The molecule has 4 heteroatoms. The Labute approximate surface area is 115 Å². The van der Waals surface area contributed by atoms with Crippen molar-refractivity contribution in [2.24, 2.45) is 5.41 Å². The molecule has 1 aliphatic rings. The third kappa shape index (κ3) is 3.06. The van der Waals surface area contributed by atoms with Gasteiger partial charge in [0.15, 0.2) is 5.82 Å². The van der Waals surface area contributed by atoms with Gasteiger partial charge in [-0.25, -0.2) is 9.97 Å². The number of hydrogen-bond donors (Lipinski definition) is 1. The Balaban J connectivity index is 2.40. The van der Waals surface area contributed by atoms with Gasteiger partial charge in [-0.15, -0.1) is 0 Å². The first-order chi connectivity index (χ1) is 8.93. The zero-order chi connectivity index (χ0) is 14.0. The maximum atomic E-state index is 6.11. The van der Waals surface area contributed by atoms with E-state index in [0.29, 0.717) is 12.4 Å². The van der Waals surface area contributed by atoms with E-state index in [-0.39, 0.29) is 11.5 Å². The Hall–Kier alpha value is -1.16. The van der Waals surface area contributed by atoms with E-state index in [2.05, 4.69) is 25.8 Å². The molecule has 0 aromatic carbocycles. The molecular weight excluding hydrogens is 238 g/mol. The Morgan fingerprint density at radius 1 is 1.21 bits per heavy atom. The van der Waals surface area contributed by atoms with Crippen molar-refractivity contribution in [3.05, 3.63) is 17.1 Å². The summed E-state index contributed by atoms with van der Waals surface area (Å²) in [5.74, 6) is 1.39. The van der Waals surface area contributed by atoms with E-state index in [9.17, 15) is 0 Å². The lowest BCUT2D eigenvalue weighted by atomic mass is 9.88. The number of aromatic nitrogens is 2. The number of hydrogen-bond acceptors (Lipinski definition) is 4. The third-order valence-corrected chi connectivity index (χ3v) is 3.59. The molecule has 0 bridgehead atoms. The van der Waals surface area contributed by atoms with Gasteiger partial charge in [-0.2, -0.15) is 0 Å². The number of ether oxygens (including phenoxy) is 1. The number of nitrogens with two attached hydrogens (primary N) is 1. The van der Waals surface area contributed by atoms with E-state index in [1.165, 1.54) is 12.8 Å². The predicted molar refractivity (Wildman–Crippen MR) is 76.9 cm³/mol. The lowest BCUT2D eigenvalue weighted by molar-refractivity contribution is -0.0192. The summed E-state index contributed by atoms with van der Waals surface area (Å²) >= 11 is 0. The molecule has 0 saturated carbocycles. The topological polar surface area (TPSA) is 61.0 Å². The van der Waals surface area contributed by atoms with Gasteiger partial charge in [-0.3, -0.25) is 0 Å². The monoisotopic (exact) mass is 263 g/mol. The van der Waals surface area contributed by atoms with E-state index in [4.69, 9.17) is 15.5 Å². The standard InChI is InChI=1S/C15H25N3O/c1-5-19-12(15(2,3)4)14-17-11-9-7-6-8-10(11)13(16)18-14/h12H,5-9H2,1-4H3,(H2,16,17,18). The molecule has 1 unspecified atom stereocenters. The highest BCUT2D eigenvalue weighted by atomic mass is 16.5. The van der Waals surface area contributed by atoms with Crippen molar-refractivity contribution in [3.8, 4) is 0 Å². The average Bonchev–Trinajstić information content (AvgIpc) is 2.34. The zero-order valence-corrected chi connectivity index (χ0v) is 12.5. The summed E-state index contributed by atoms with van der Waals surface area (Å²) in [7, 11) is 0. The van der Waals surface area contributed by atoms with Crippen molar-refractivity contribution in [3.63, 3.8) is 0 Å². The second-order valence-electron chi connectivity index (χ2n) is 6.30. The molecule has 0 radical (unpaired) electrons. The highest BCUT2D eigenvalue weighted by molar-refractivity contribution is 5.43. The molecule has 1 heterocycles. The van der Waals surface area contributed by atoms with Gasteiger partial charge in [0.2, 0.25) is 0 Å². The number of nitrogens with zero attached hydrogens (tertiary/aromatic N) is 2. The van der Waals surface area contributed by atoms with Gasteiger partial charge in [0.25, 0.3) is 0 Å². The van der Waals surface area contributed by atoms with E-state index < -0.39 is 0 Å². The molecule has 0 fully saturated rings. The van der Waals surface area contributed by atoms with Gasteiger partial charge < -0.3 is 10.5 Å². The normalized spacial score (nSPS) is 17.1. The van der Waals surface area contributed by atoms with Crippen molar-refractivity contribution in [1.29, 1.82) is 0 Å². The average molecular weight is 263 g/mol. The van der Waals surface area contributed by atoms with E-state index in [1.807, 2.05) is 6.92 Å². The fraction of sp³-hybridized carbons (Fsp3) is 0.733. The van der Waals surface area contributed by atoms with Crippen LogP contribution in [-0.4, -0.2) is 16.6 Å². The third-order valence-electron chi connectivity index (χ3n) is 3.59. The molecule has 19 heavy (non-hydrogen) atoms. The number of fused-ring (bicyclic) bond motifs is 1. The summed E-state index contributed by atoms with van der Waals surface area (Å²) < 4.78 is 5.86. The van der Waals surface area contributed by atoms with Gasteiger partial charge in [0.05, 0.1) is 0 Å². The van der Waals surface area contributed by atoms with Crippen LogP contribution in [0.3, 0.4) is 0 Å². The van der Waals surface area contributed by atoms with Crippen LogP contribution >= 0.6 is 0 Å². The molecule has 2 N–H and O–H groups in total. The van der Waals surface area contributed by atoms with Gasteiger partial charge in [0, 0.05) is 17.9 Å². The molecule has 0 aliphatic heterocycles. The molecule has 0 amide bonds. The highest BCUT2D eigenvalue weighted by Gasteiger charge is 2.31. The van der Waals surface area contributed by atoms with Crippen LogP contribution in [0, 0.1) is 5.41 Å². The van der Waals surface area contributed by atoms with Gasteiger partial charge in [-0.1, -0.05) is 20.8 Å². The van der Waals surface area contributed by atoms with Crippen LogP contribution in [0.15, 0.2) is 0 Å². The van der Waals surface area contributed by atoms with Crippen LogP contribution < -0.4 is 5.73 Å². The molecule has 106 valence electrons. The van der Waals surface area contributed by atoms with Crippen LogP contribution in [-0.2, 0) is 17.6 Å². The lowest BCUT2D eigenvalue weighted by Gasteiger charge is -2.30. The summed E-state index contributed by atoms with van der Waals surface area (Å²) in [6.07, 6.45) is 4.30. The fourth-order valence-corrected chi connectivity index (χ4v) is 2.64. The summed E-state index contributed by atoms with van der Waals surface area (Å²) in [6, 6.07) is 0. The lowest BCUT2D eigenvalue weighted by Crippen LogP contribution is -2.25. The smallest absolute Gasteiger partial charge is 0.160 e. The molecule has 1 aromatic heterocycles. The first kappa shape index (κ1) is 14.3. The minimum absolute atomic E-state index is 0.0364. The second kappa shape index (κ2) is 5.45. The zero-order valence-electron chi connectivity index (χ0n) is 12.5. The minimum Gasteiger partial charge on any atom is -0.383 e. The van der Waals surface area contributed by atoms with Crippen molar-refractivity contribution >= 4 is 5.82 Å². The van der Waals surface area contributed by atoms with Crippen LogP contribution in [0.25, 0.3) is 0 Å². The summed E-state index contributed by atoms with van der Waals surface area (Å²) in [6.45, 7) is 9.09. The van der Waals surface area contributed by atoms with Gasteiger partial charge in [-0.05, 0) is 38.0 Å². The first-order valence-electron chi connectivity index (χ1n) is 7.20. The molecule has 0 spiro atoms. The van der Waals surface area contributed by atoms with E-state index in [1.54, 1.807) is 0 Å². The molecule has 2 rings (SSSR count). The Morgan fingerprint density at radius 3 is 2.53 bits per heavy atom. The predicted octanol–water partition coefficient (Wildman–Crippen LogP) is 3.06. The fourth-order valence-electron chi connectivity index (χ4n) is 2.64. The van der Waals surface area contributed by atoms with Crippen molar-refractivity contribution in [2.75, 3.05) is 12.3 Å². The quantitative estimate of drug-likeness (QED) is 0.910. The largest absolute Gasteiger partial charge is 0.383 e. The van der Waals surface area contributed by atoms with Crippen molar-refractivity contribution in [1.82, 2.24) is 9.97 Å². The van der Waals surface area contributed by atoms with Crippen LogP contribution in [0.4, 0.5) is 5.82 Å². The number of anilines is 1. The SMILES string of the molecule is CCOC(c1nc(N)c2c(n1)CCCC2)C(C)(C)C. The maximum absolute atomic E-state index is 6.11. The molecule has 1 aromatic rings. The van der Waals surface area contributed by atoms with Gasteiger partial charge in [0.1, 0.15) is 11.9 Å². The summed E-state index contributed by atoms with van der Waals surface area (Å²) in [5, 5.41) is 0. The van der Waals surface area contributed by atoms with E-state index >= 15 is 0 Å². The van der Waals surface area contributed by atoms with Crippen LogP contribution in [0.5, 0.6) is 0 Å².